The first-order chi connectivity index (χ1) is 9.94. The van der Waals surface area contributed by atoms with Crippen LogP contribution in [0, 0.1) is 5.92 Å². The number of nitrogens with zero attached hydrogens (tertiary/aromatic N) is 1. The second-order valence-electron chi connectivity index (χ2n) is 5.03. The molecule has 0 aliphatic rings. The van der Waals surface area contributed by atoms with Crippen LogP contribution in [0.4, 0.5) is 0 Å². The van der Waals surface area contributed by atoms with Crippen LogP contribution in [0.3, 0.4) is 0 Å². The standard InChI is InChI=1S/C19H28N2/c1-8-11-12-19(20-14-15(4)5)21-17(7)13-18(10-3)16(6)9-2/h8-15,21H,3,7H2,1-2,4-6H3/b11-8-,16-9-,18-13-,19-12+,20-14?. The number of hydrogen-bond donors (Lipinski definition) is 1. The normalized spacial score (nSPS) is 14.3. The quantitative estimate of drug-likeness (QED) is 0.474. The van der Waals surface area contributed by atoms with E-state index in [4.69, 9.17) is 0 Å². The minimum absolute atomic E-state index is 0.401. The summed E-state index contributed by atoms with van der Waals surface area (Å²) in [4.78, 5) is 4.44. The Morgan fingerprint density at radius 1 is 1.24 bits per heavy atom. The molecule has 0 aromatic rings. The molecule has 1 N–H and O–H groups in total. The predicted molar refractivity (Wildman–Crippen MR) is 96.2 cm³/mol. The van der Waals surface area contributed by atoms with Crippen LogP contribution in [0.1, 0.15) is 34.6 Å². The smallest absolute Gasteiger partial charge is 0.129 e. The first-order valence-corrected chi connectivity index (χ1v) is 7.25. The van der Waals surface area contributed by atoms with Gasteiger partial charge in [0.2, 0.25) is 0 Å². The third kappa shape index (κ3) is 8.64. The van der Waals surface area contributed by atoms with Gasteiger partial charge >= 0.3 is 0 Å². The largest absolute Gasteiger partial charge is 0.341 e. The average Bonchev–Trinajstić information content (AvgIpc) is 2.46. The van der Waals surface area contributed by atoms with Crippen molar-refractivity contribution in [2.75, 3.05) is 0 Å². The number of aliphatic imine (C=N–C) groups is 1. The van der Waals surface area contributed by atoms with Gasteiger partial charge < -0.3 is 5.32 Å². The van der Waals surface area contributed by atoms with Crippen molar-refractivity contribution in [1.82, 2.24) is 5.32 Å². The van der Waals surface area contributed by atoms with Crippen LogP contribution < -0.4 is 5.32 Å². The number of hydrogen-bond acceptors (Lipinski definition) is 2. The van der Waals surface area contributed by atoms with Gasteiger partial charge in [0, 0.05) is 11.9 Å². The van der Waals surface area contributed by atoms with E-state index < -0.39 is 0 Å². The van der Waals surface area contributed by atoms with Crippen molar-refractivity contribution >= 4 is 6.21 Å². The van der Waals surface area contributed by atoms with Crippen molar-refractivity contribution in [3.63, 3.8) is 0 Å². The monoisotopic (exact) mass is 284 g/mol. The van der Waals surface area contributed by atoms with Crippen LogP contribution in [0.25, 0.3) is 0 Å². The Labute approximate surface area is 130 Å². The van der Waals surface area contributed by atoms with Crippen LogP contribution in [0.2, 0.25) is 0 Å². The Kier molecular flexibility index (Phi) is 9.61. The van der Waals surface area contributed by atoms with Crippen molar-refractivity contribution in [3.05, 3.63) is 72.3 Å². The molecule has 0 bridgehead atoms. The first kappa shape index (κ1) is 18.9. The summed E-state index contributed by atoms with van der Waals surface area (Å²) in [5.41, 5.74) is 2.99. The predicted octanol–water partition coefficient (Wildman–Crippen LogP) is 5.31. The highest BCUT2D eigenvalue weighted by molar-refractivity contribution is 5.61. The minimum Gasteiger partial charge on any atom is -0.341 e. The van der Waals surface area contributed by atoms with Gasteiger partial charge in [0.1, 0.15) is 5.82 Å². The SMILES string of the molecule is C=CC(=C/C(=C)N/C(=C/C=C\C)N=CC(C)C)/C(C)=C\C. The Hall–Kier alpha value is -2.09. The van der Waals surface area contributed by atoms with E-state index in [2.05, 4.69) is 37.3 Å². The highest BCUT2D eigenvalue weighted by Gasteiger charge is 1.98. The Balaban J connectivity index is 5.13. The van der Waals surface area contributed by atoms with E-state index in [-0.39, 0.29) is 0 Å². The van der Waals surface area contributed by atoms with E-state index in [1.54, 1.807) is 0 Å². The van der Waals surface area contributed by atoms with Gasteiger partial charge in [-0.05, 0) is 50.0 Å². The molecule has 2 nitrogen and oxygen atoms in total. The van der Waals surface area contributed by atoms with Gasteiger partial charge in [-0.15, -0.1) is 0 Å². The maximum atomic E-state index is 4.44. The van der Waals surface area contributed by atoms with Crippen LogP contribution in [0.5, 0.6) is 0 Å². The lowest BCUT2D eigenvalue weighted by molar-refractivity contribution is 0.892. The topological polar surface area (TPSA) is 24.4 Å². The van der Waals surface area contributed by atoms with E-state index in [1.165, 1.54) is 0 Å². The second-order valence-corrected chi connectivity index (χ2v) is 5.03. The summed E-state index contributed by atoms with van der Waals surface area (Å²) in [5, 5.41) is 3.22. The summed E-state index contributed by atoms with van der Waals surface area (Å²) in [6.45, 7) is 18.1. The highest BCUT2D eigenvalue weighted by atomic mass is 15.0. The molecule has 114 valence electrons. The zero-order valence-electron chi connectivity index (χ0n) is 14.0. The van der Waals surface area contributed by atoms with Gasteiger partial charge in [0.25, 0.3) is 0 Å². The molecule has 21 heavy (non-hydrogen) atoms. The maximum absolute atomic E-state index is 4.44. The Morgan fingerprint density at radius 3 is 2.38 bits per heavy atom. The van der Waals surface area contributed by atoms with E-state index in [0.717, 1.165) is 22.7 Å². The molecule has 2 heteroatoms. The summed E-state index contributed by atoms with van der Waals surface area (Å²) >= 11 is 0. The van der Waals surface area contributed by atoms with Gasteiger partial charge in [0.15, 0.2) is 0 Å². The molecule has 0 radical (unpaired) electrons. The molecule has 0 rings (SSSR count). The highest BCUT2D eigenvalue weighted by Crippen LogP contribution is 2.12. The molecule has 0 atom stereocenters. The zero-order chi connectivity index (χ0) is 16.3. The third-order valence-corrected chi connectivity index (χ3v) is 2.68. The molecule has 0 aromatic heterocycles. The second kappa shape index (κ2) is 10.7. The summed E-state index contributed by atoms with van der Waals surface area (Å²) < 4.78 is 0. The molecule has 0 saturated carbocycles. The van der Waals surface area contributed by atoms with Crippen LogP contribution in [-0.2, 0) is 0 Å². The molecule has 0 aliphatic heterocycles. The van der Waals surface area contributed by atoms with Gasteiger partial charge in [-0.3, -0.25) is 0 Å². The molecule has 0 spiro atoms. The first-order valence-electron chi connectivity index (χ1n) is 7.25. The van der Waals surface area contributed by atoms with E-state index in [9.17, 15) is 0 Å². The van der Waals surface area contributed by atoms with Crippen molar-refractivity contribution in [2.45, 2.75) is 34.6 Å². The van der Waals surface area contributed by atoms with Crippen LogP contribution in [0.15, 0.2) is 77.3 Å². The molecule has 0 heterocycles. The van der Waals surface area contributed by atoms with Crippen molar-refractivity contribution in [2.24, 2.45) is 10.9 Å². The van der Waals surface area contributed by atoms with Crippen LogP contribution in [-0.4, -0.2) is 6.21 Å². The summed E-state index contributed by atoms with van der Waals surface area (Å²) in [6.07, 6.45) is 13.6. The zero-order valence-corrected chi connectivity index (χ0v) is 14.0. The van der Waals surface area contributed by atoms with Gasteiger partial charge in [-0.2, -0.15) is 0 Å². The molecule has 0 fully saturated rings. The van der Waals surface area contributed by atoms with Gasteiger partial charge in [0.05, 0.1) is 0 Å². The molecule has 0 aromatic carbocycles. The van der Waals surface area contributed by atoms with Crippen molar-refractivity contribution in [3.8, 4) is 0 Å². The summed E-state index contributed by atoms with van der Waals surface area (Å²) in [6, 6.07) is 0. The fourth-order valence-electron chi connectivity index (χ4n) is 1.42. The lowest BCUT2D eigenvalue weighted by Gasteiger charge is -2.09. The van der Waals surface area contributed by atoms with Crippen LogP contribution >= 0.6 is 0 Å². The van der Waals surface area contributed by atoms with E-state index in [1.807, 2.05) is 63.4 Å². The van der Waals surface area contributed by atoms with Gasteiger partial charge in [-0.1, -0.05) is 51.3 Å². The number of allylic oxidation sites excluding steroid dienone is 8. The third-order valence-electron chi connectivity index (χ3n) is 2.68. The van der Waals surface area contributed by atoms with E-state index >= 15 is 0 Å². The number of nitrogens with one attached hydrogen (secondary N) is 1. The van der Waals surface area contributed by atoms with Crippen molar-refractivity contribution < 1.29 is 0 Å². The molecule has 0 unspecified atom stereocenters. The molecule has 0 amide bonds. The van der Waals surface area contributed by atoms with E-state index in [0.29, 0.717) is 5.92 Å². The lowest BCUT2D eigenvalue weighted by Crippen LogP contribution is -2.10. The molecule has 0 saturated heterocycles. The van der Waals surface area contributed by atoms with Crippen molar-refractivity contribution in [1.29, 1.82) is 0 Å². The fourth-order valence-corrected chi connectivity index (χ4v) is 1.42. The fraction of sp³-hybridized carbons (Fsp3) is 0.316. The molecular formula is C19H28N2. The lowest BCUT2D eigenvalue weighted by atomic mass is 10.1. The van der Waals surface area contributed by atoms with Gasteiger partial charge in [-0.25, -0.2) is 4.99 Å². The molecule has 0 aliphatic carbocycles. The summed E-state index contributed by atoms with van der Waals surface area (Å²) in [7, 11) is 0. The Bertz CT molecular complexity index is 498. The molecular weight excluding hydrogens is 256 g/mol. The maximum Gasteiger partial charge on any atom is 0.129 e. The number of rotatable bonds is 8. The minimum atomic E-state index is 0.401. The Morgan fingerprint density at radius 2 is 1.90 bits per heavy atom. The summed E-state index contributed by atoms with van der Waals surface area (Å²) in [5.74, 6) is 1.17. The average molecular weight is 284 g/mol.